The number of nitrogens with one attached hydrogen (secondary N) is 1. The fourth-order valence-corrected chi connectivity index (χ4v) is 3.73. The fourth-order valence-electron chi connectivity index (χ4n) is 3.34. The van der Waals surface area contributed by atoms with E-state index >= 15 is 0 Å². The Hall–Kier alpha value is -2.16. The van der Waals surface area contributed by atoms with Crippen LogP contribution < -0.4 is 5.48 Å². The van der Waals surface area contributed by atoms with Gasteiger partial charge in [0.05, 0.1) is 12.6 Å². The van der Waals surface area contributed by atoms with Gasteiger partial charge in [0, 0.05) is 19.6 Å². The average Bonchev–Trinajstić information content (AvgIpc) is 2.86. The minimum atomic E-state index is -4.86. The van der Waals surface area contributed by atoms with Crippen LogP contribution in [0.4, 0.5) is 9.59 Å². The lowest BCUT2D eigenvalue weighted by atomic mass is 10.0. The highest BCUT2D eigenvalue weighted by atomic mass is 32.3. The fraction of sp³-hybridized carbons (Fsp3) is 0.824. The second-order valence-corrected chi connectivity index (χ2v) is 9.30. The Morgan fingerprint density at radius 3 is 2.52 bits per heavy atom. The van der Waals surface area contributed by atoms with E-state index in [0.717, 1.165) is 4.90 Å². The number of nitrogens with zero attached hydrogens (tertiary/aromatic N) is 3. The van der Waals surface area contributed by atoms with E-state index in [1.54, 1.807) is 20.8 Å². The Labute approximate surface area is 181 Å². The highest BCUT2D eigenvalue weighted by molar-refractivity contribution is 7.80. The normalized spacial score (nSPS) is 21.3. The molecule has 0 aromatic rings. The Kier molecular flexibility index (Phi) is 8.08. The number of hydrogen-bond acceptors (Lipinski definition) is 8. The Morgan fingerprint density at radius 2 is 1.94 bits per heavy atom. The molecule has 0 unspecified atom stereocenters. The van der Waals surface area contributed by atoms with Crippen molar-refractivity contribution in [2.45, 2.75) is 64.6 Å². The van der Waals surface area contributed by atoms with Crippen LogP contribution in [0.3, 0.4) is 0 Å². The number of hydrogen-bond donors (Lipinski definition) is 2. The monoisotopic (exact) mass is 466 g/mol. The number of ether oxygens (including phenoxy) is 1. The average molecular weight is 467 g/mol. The van der Waals surface area contributed by atoms with Gasteiger partial charge in [0.2, 0.25) is 0 Å². The van der Waals surface area contributed by atoms with E-state index in [-0.39, 0.29) is 26.1 Å². The van der Waals surface area contributed by atoms with Crippen LogP contribution in [0.1, 0.15) is 47.0 Å². The lowest BCUT2D eigenvalue weighted by Crippen LogP contribution is -2.50. The van der Waals surface area contributed by atoms with Crippen molar-refractivity contribution in [2.24, 2.45) is 0 Å². The van der Waals surface area contributed by atoms with Crippen molar-refractivity contribution in [3.05, 3.63) is 0 Å². The highest BCUT2D eigenvalue weighted by Crippen LogP contribution is 2.30. The van der Waals surface area contributed by atoms with E-state index in [4.69, 9.17) is 14.1 Å². The molecule has 0 saturated carbocycles. The summed E-state index contributed by atoms with van der Waals surface area (Å²) in [6.07, 6.45) is 0.799. The molecule has 2 N–H and O–H groups in total. The third kappa shape index (κ3) is 7.19. The van der Waals surface area contributed by atoms with Gasteiger partial charge in [-0.3, -0.25) is 14.2 Å². The number of hydroxylamine groups is 3. The number of piperidine rings is 1. The molecule has 2 aliphatic heterocycles. The summed E-state index contributed by atoms with van der Waals surface area (Å²) in [6, 6.07) is -2.30. The first kappa shape index (κ1) is 25.1. The van der Waals surface area contributed by atoms with Crippen LogP contribution in [0.2, 0.25) is 0 Å². The number of carbonyl (C=O) groups excluding carboxylic acids is 3. The molecule has 0 radical (unpaired) electrons. The number of fused-ring (bicyclic) bond motifs is 2. The summed E-state index contributed by atoms with van der Waals surface area (Å²) in [7, 11) is -4.86. The highest BCUT2D eigenvalue weighted by Gasteiger charge is 2.49. The topological polar surface area (TPSA) is 155 Å². The molecule has 0 aliphatic carbocycles. The molecule has 2 heterocycles. The zero-order valence-corrected chi connectivity index (χ0v) is 18.9. The van der Waals surface area contributed by atoms with Crippen LogP contribution in [0.15, 0.2) is 0 Å². The van der Waals surface area contributed by atoms with Gasteiger partial charge in [0.15, 0.2) is 0 Å². The van der Waals surface area contributed by atoms with E-state index in [1.165, 1.54) is 4.90 Å². The smallest absolute Gasteiger partial charge is 0.418 e. The molecule has 14 heteroatoms. The molecular formula is C17H30N4O9S. The van der Waals surface area contributed by atoms with Gasteiger partial charge in [-0.05, 0) is 40.0 Å². The minimum Gasteiger partial charge on any atom is -0.444 e. The molecule has 2 bridgehead atoms. The van der Waals surface area contributed by atoms with E-state index in [2.05, 4.69) is 9.76 Å². The van der Waals surface area contributed by atoms with Crippen molar-refractivity contribution >= 4 is 28.4 Å². The van der Waals surface area contributed by atoms with Gasteiger partial charge in [-0.2, -0.15) is 13.5 Å². The predicted octanol–water partition coefficient (Wildman–Crippen LogP) is 0.684. The Bertz CT molecular complexity index is 783. The second-order valence-electron chi connectivity index (χ2n) is 8.29. The molecule has 2 atom stereocenters. The maximum Gasteiger partial charge on any atom is 0.418 e. The van der Waals surface area contributed by atoms with Crippen LogP contribution >= 0.6 is 0 Å². The van der Waals surface area contributed by atoms with Crippen molar-refractivity contribution < 1.29 is 41.2 Å². The molecule has 2 saturated heterocycles. The second kappa shape index (κ2) is 9.97. The molecule has 13 nitrogen and oxygen atoms in total. The third-order valence-electron chi connectivity index (χ3n) is 4.58. The minimum absolute atomic E-state index is 0.00622. The van der Waals surface area contributed by atoms with Crippen LogP contribution in [0, 0.1) is 0 Å². The number of amides is 4. The van der Waals surface area contributed by atoms with Crippen molar-refractivity contribution in [1.29, 1.82) is 0 Å². The van der Waals surface area contributed by atoms with Crippen molar-refractivity contribution in [3.63, 3.8) is 0 Å². The zero-order chi connectivity index (χ0) is 23.4. The molecular weight excluding hydrogens is 436 g/mol. The standard InChI is InChI=1S/C17H30N4O9S/c1-5-8-19(16(24)29-17(2,3)4)9-10-28-18-14(22)13-7-6-12-11-20(13)15(23)21(12)30-31(25,26)27/h12-13H,5-11H2,1-4H3,(H,18,22)(H,25,26,27)/t12-,13+/m1/s1. The summed E-state index contributed by atoms with van der Waals surface area (Å²) < 4.78 is 40.3. The maximum atomic E-state index is 12.5. The SMILES string of the molecule is CCCN(CCONC(=O)[C@@H]1CC[C@@H]2CN1C(=O)N2OS(=O)(=O)O)C(=O)OC(C)(C)C. The summed E-state index contributed by atoms with van der Waals surface area (Å²) in [5.41, 5.74) is 1.63. The molecule has 178 valence electrons. The molecule has 0 aromatic carbocycles. The molecule has 0 spiro atoms. The molecule has 2 fully saturated rings. The van der Waals surface area contributed by atoms with E-state index < -0.39 is 46.1 Å². The summed E-state index contributed by atoms with van der Waals surface area (Å²) in [4.78, 5) is 44.8. The predicted molar refractivity (Wildman–Crippen MR) is 106 cm³/mol. The zero-order valence-electron chi connectivity index (χ0n) is 18.1. The number of urea groups is 1. The lowest BCUT2D eigenvalue weighted by molar-refractivity contribution is -0.139. The van der Waals surface area contributed by atoms with Gasteiger partial charge >= 0.3 is 22.5 Å². The molecule has 2 rings (SSSR count). The van der Waals surface area contributed by atoms with Crippen LogP contribution in [-0.4, -0.2) is 89.8 Å². The lowest BCUT2D eigenvalue weighted by Gasteiger charge is -2.29. The molecule has 31 heavy (non-hydrogen) atoms. The van der Waals surface area contributed by atoms with Gasteiger partial charge in [-0.25, -0.2) is 15.1 Å². The Balaban J connectivity index is 1.83. The number of carbonyl (C=O) groups is 3. The van der Waals surface area contributed by atoms with Gasteiger partial charge in [0.25, 0.3) is 5.91 Å². The summed E-state index contributed by atoms with van der Waals surface area (Å²) in [5, 5.41) is 0.562. The van der Waals surface area contributed by atoms with Gasteiger partial charge in [-0.1, -0.05) is 6.92 Å². The van der Waals surface area contributed by atoms with Crippen molar-refractivity contribution in [3.8, 4) is 0 Å². The van der Waals surface area contributed by atoms with Gasteiger partial charge in [0.1, 0.15) is 11.6 Å². The van der Waals surface area contributed by atoms with E-state index in [9.17, 15) is 22.8 Å². The maximum absolute atomic E-state index is 12.5. The molecule has 2 aliphatic rings. The van der Waals surface area contributed by atoms with E-state index in [1.807, 2.05) is 6.92 Å². The van der Waals surface area contributed by atoms with Crippen LogP contribution in [0.25, 0.3) is 0 Å². The third-order valence-corrected chi connectivity index (χ3v) is 4.93. The van der Waals surface area contributed by atoms with Crippen molar-refractivity contribution in [1.82, 2.24) is 20.3 Å². The van der Waals surface area contributed by atoms with Gasteiger partial charge in [-0.15, -0.1) is 4.28 Å². The van der Waals surface area contributed by atoms with Crippen LogP contribution in [0.5, 0.6) is 0 Å². The summed E-state index contributed by atoms with van der Waals surface area (Å²) in [5.74, 6) is -0.584. The van der Waals surface area contributed by atoms with Gasteiger partial charge < -0.3 is 14.5 Å². The molecule has 0 aromatic heterocycles. The quantitative estimate of drug-likeness (QED) is 0.283. The van der Waals surface area contributed by atoms with Crippen molar-refractivity contribution in [2.75, 3.05) is 26.2 Å². The number of rotatable bonds is 9. The first-order valence-electron chi connectivity index (χ1n) is 9.98. The van der Waals surface area contributed by atoms with Crippen LogP contribution in [-0.2, 0) is 29.1 Å². The van der Waals surface area contributed by atoms with E-state index in [0.29, 0.717) is 24.4 Å². The first-order chi connectivity index (χ1) is 14.3. The summed E-state index contributed by atoms with van der Waals surface area (Å²) in [6.45, 7) is 7.95. The molecule has 4 amide bonds. The Morgan fingerprint density at radius 1 is 1.26 bits per heavy atom. The first-order valence-corrected chi connectivity index (χ1v) is 11.4. The summed E-state index contributed by atoms with van der Waals surface area (Å²) >= 11 is 0. The largest absolute Gasteiger partial charge is 0.444 e.